The van der Waals surface area contributed by atoms with Crippen LogP contribution >= 0.6 is 0 Å². The lowest BCUT2D eigenvalue weighted by molar-refractivity contribution is 0.403. The molecular formula is C16H20N2. The Kier molecular flexibility index (Phi) is 2.28. The molecule has 0 saturated heterocycles. The fraction of sp³-hybridized carbons (Fsp3) is 0.500. The van der Waals surface area contributed by atoms with Crippen molar-refractivity contribution in [3.8, 4) is 0 Å². The van der Waals surface area contributed by atoms with E-state index >= 15 is 0 Å². The van der Waals surface area contributed by atoms with E-state index in [-0.39, 0.29) is 0 Å². The van der Waals surface area contributed by atoms with E-state index in [9.17, 15) is 0 Å². The van der Waals surface area contributed by atoms with E-state index in [0.29, 0.717) is 5.41 Å². The summed E-state index contributed by atoms with van der Waals surface area (Å²) in [5.41, 5.74) is 3.34. The largest absolute Gasteiger partial charge is 0.361 e. The van der Waals surface area contributed by atoms with Gasteiger partial charge in [0.05, 0.1) is 0 Å². The molecule has 2 fully saturated rings. The van der Waals surface area contributed by atoms with Gasteiger partial charge in [0.2, 0.25) is 0 Å². The third-order valence-electron chi connectivity index (χ3n) is 4.76. The molecule has 0 amide bonds. The van der Waals surface area contributed by atoms with Gasteiger partial charge in [-0.2, -0.15) is 0 Å². The Morgan fingerprint density at radius 2 is 2.11 bits per heavy atom. The monoisotopic (exact) mass is 240 g/mol. The SMILES string of the molecule is c1cc2cc(CNCC3(C4CC4)CC3)ccc2[nH]1. The molecule has 0 radical (unpaired) electrons. The van der Waals surface area contributed by atoms with Crippen molar-refractivity contribution in [2.75, 3.05) is 6.54 Å². The van der Waals surface area contributed by atoms with Gasteiger partial charge in [0, 0.05) is 24.8 Å². The van der Waals surface area contributed by atoms with E-state index in [4.69, 9.17) is 0 Å². The van der Waals surface area contributed by atoms with Crippen LogP contribution in [0.5, 0.6) is 0 Å². The van der Waals surface area contributed by atoms with Gasteiger partial charge >= 0.3 is 0 Å². The molecule has 2 saturated carbocycles. The minimum absolute atomic E-state index is 0.707. The number of nitrogens with one attached hydrogen (secondary N) is 2. The van der Waals surface area contributed by atoms with Crippen molar-refractivity contribution in [2.45, 2.75) is 32.2 Å². The van der Waals surface area contributed by atoms with Crippen molar-refractivity contribution >= 4 is 10.9 Å². The van der Waals surface area contributed by atoms with Crippen LogP contribution in [0.4, 0.5) is 0 Å². The molecule has 94 valence electrons. The smallest absolute Gasteiger partial charge is 0.0454 e. The molecule has 1 aromatic heterocycles. The summed E-state index contributed by atoms with van der Waals surface area (Å²) in [6.45, 7) is 2.23. The molecule has 2 aliphatic rings. The maximum atomic E-state index is 3.67. The summed E-state index contributed by atoms with van der Waals surface area (Å²) in [7, 11) is 0. The number of fused-ring (bicyclic) bond motifs is 1. The highest BCUT2D eigenvalue weighted by Crippen LogP contribution is 2.60. The number of benzene rings is 1. The van der Waals surface area contributed by atoms with E-state index in [1.165, 1.54) is 48.7 Å². The minimum Gasteiger partial charge on any atom is -0.361 e. The third kappa shape index (κ3) is 1.85. The lowest BCUT2D eigenvalue weighted by Crippen LogP contribution is -2.24. The lowest BCUT2D eigenvalue weighted by Gasteiger charge is -2.15. The first-order chi connectivity index (χ1) is 8.86. The quantitative estimate of drug-likeness (QED) is 0.823. The van der Waals surface area contributed by atoms with Gasteiger partial charge in [0.25, 0.3) is 0 Å². The molecule has 4 rings (SSSR count). The Bertz CT molecular complexity index is 561. The van der Waals surface area contributed by atoms with Crippen molar-refractivity contribution in [3.05, 3.63) is 36.0 Å². The number of H-pyrrole nitrogens is 1. The van der Waals surface area contributed by atoms with Crippen molar-refractivity contribution in [3.63, 3.8) is 0 Å². The predicted octanol–water partition coefficient (Wildman–Crippen LogP) is 3.45. The Labute approximate surface area is 108 Å². The van der Waals surface area contributed by atoms with E-state index in [0.717, 1.165) is 12.5 Å². The van der Waals surface area contributed by atoms with Crippen LogP contribution in [0.2, 0.25) is 0 Å². The maximum absolute atomic E-state index is 3.67. The van der Waals surface area contributed by atoms with E-state index in [2.05, 4.69) is 34.6 Å². The van der Waals surface area contributed by atoms with Gasteiger partial charge in [-0.25, -0.2) is 0 Å². The van der Waals surface area contributed by atoms with Gasteiger partial charge in [-0.05, 0) is 66.2 Å². The average Bonchev–Trinajstić information content (AvgIpc) is 3.27. The van der Waals surface area contributed by atoms with E-state index in [1.54, 1.807) is 0 Å². The van der Waals surface area contributed by atoms with Crippen LogP contribution in [-0.4, -0.2) is 11.5 Å². The summed E-state index contributed by atoms with van der Waals surface area (Å²) in [5, 5.41) is 4.99. The zero-order valence-corrected chi connectivity index (χ0v) is 10.7. The van der Waals surface area contributed by atoms with Crippen molar-refractivity contribution < 1.29 is 0 Å². The van der Waals surface area contributed by atoms with Crippen LogP contribution in [0.15, 0.2) is 30.5 Å². The molecule has 0 atom stereocenters. The van der Waals surface area contributed by atoms with Crippen LogP contribution in [-0.2, 0) is 6.54 Å². The highest BCUT2D eigenvalue weighted by molar-refractivity contribution is 5.79. The normalized spacial score (nSPS) is 21.3. The Balaban J connectivity index is 1.39. The molecule has 2 heteroatoms. The topological polar surface area (TPSA) is 27.8 Å². The van der Waals surface area contributed by atoms with Crippen LogP contribution < -0.4 is 5.32 Å². The second kappa shape index (κ2) is 3.86. The molecule has 0 unspecified atom stereocenters. The first-order valence-electron chi connectivity index (χ1n) is 7.13. The lowest BCUT2D eigenvalue weighted by atomic mass is 10.0. The zero-order chi connectivity index (χ0) is 12.0. The van der Waals surface area contributed by atoms with E-state index in [1.807, 2.05) is 6.20 Å². The van der Waals surface area contributed by atoms with Crippen molar-refractivity contribution in [1.82, 2.24) is 10.3 Å². The Morgan fingerprint density at radius 1 is 1.22 bits per heavy atom. The summed E-state index contributed by atoms with van der Waals surface area (Å²) in [6, 6.07) is 8.84. The fourth-order valence-corrected chi connectivity index (χ4v) is 3.25. The molecule has 1 heterocycles. The highest BCUT2D eigenvalue weighted by atomic mass is 14.9. The summed E-state index contributed by atoms with van der Waals surface area (Å²) < 4.78 is 0. The molecule has 2 nitrogen and oxygen atoms in total. The molecule has 0 aliphatic heterocycles. The molecule has 0 spiro atoms. The van der Waals surface area contributed by atoms with Gasteiger partial charge in [0.15, 0.2) is 0 Å². The van der Waals surface area contributed by atoms with E-state index < -0.39 is 0 Å². The molecule has 2 N–H and O–H groups in total. The summed E-state index contributed by atoms with van der Waals surface area (Å²) in [4.78, 5) is 3.24. The first-order valence-corrected chi connectivity index (χ1v) is 7.13. The van der Waals surface area contributed by atoms with Crippen LogP contribution in [0.1, 0.15) is 31.2 Å². The van der Waals surface area contributed by atoms with Crippen LogP contribution in [0, 0.1) is 11.3 Å². The van der Waals surface area contributed by atoms with Gasteiger partial charge in [-0.3, -0.25) is 0 Å². The van der Waals surface area contributed by atoms with Crippen LogP contribution in [0.25, 0.3) is 10.9 Å². The Hall–Kier alpha value is -1.28. The minimum atomic E-state index is 0.707. The molecule has 18 heavy (non-hydrogen) atoms. The number of rotatable bonds is 5. The van der Waals surface area contributed by atoms with Crippen molar-refractivity contribution in [1.29, 1.82) is 0 Å². The predicted molar refractivity (Wildman–Crippen MR) is 74.4 cm³/mol. The van der Waals surface area contributed by atoms with Gasteiger partial charge in [-0.15, -0.1) is 0 Å². The Morgan fingerprint density at radius 3 is 2.89 bits per heavy atom. The molecular weight excluding hydrogens is 220 g/mol. The molecule has 0 bridgehead atoms. The number of aromatic nitrogens is 1. The number of hydrogen-bond acceptors (Lipinski definition) is 1. The van der Waals surface area contributed by atoms with Gasteiger partial charge in [-0.1, -0.05) is 6.07 Å². The summed E-state index contributed by atoms with van der Waals surface area (Å²) >= 11 is 0. The maximum Gasteiger partial charge on any atom is 0.0454 e. The third-order valence-corrected chi connectivity index (χ3v) is 4.76. The second-order valence-electron chi connectivity index (χ2n) is 6.14. The summed E-state index contributed by atoms with van der Waals surface area (Å²) in [6.07, 6.45) is 7.89. The highest BCUT2D eigenvalue weighted by Gasteiger charge is 2.53. The molecule has 1 aromatic carbocycles. The van der Waals surface area contributed by atoms with Gasteiger partial charge < -0.3 is 10.3 Å². The molecule has 2 aromatic rings. The number of aromatic amines is 1. The van der Waals surface area contributed by atoms with Gasteiger partial charge in [0.1, 0.15) is 0 Å². The van der Waals surface area contributed by atoms with Crippen LogP contribution in [0.3, 0.4) is 0 Å². The average molecular weight is 240 g/mol. The number of hydrogen-bond donors (Lipinski definition) is 2. The first kappa shape index (κ1) is 10.6. The second-order valence-corrected chi connectivity index (χ2v) is 6.14. The van der Waals surface area contributed by atoms with Crippen molar-refractivity contribution in [2.24, 2.45) is 11.3 Å². The summed E-state index contributed by atoms with van der Waals surface area (Å²) in [5.74, 6) is 1.05. The fourth-order valence-electron chi connectivity index (χ4n) is 3.25. The molecule has 2 aliphatic carbocycles. The standard InChI is InChI=1S/C16H20N2/c1-4-15-13(5-8-18-15)9-12(1)10-17-11-16(6-7-16)14-2-3-14/h1,4-5,8-9,14,17-18H,2-3,6-7,10-11H2. The zero-order valence-electron chi connectivity index (χ0n) is 10.7.